The first-order valence-corrected chi connectivity index (χ1v) is 9.48. The van der Waals surface area contributed by atoms with E-state index in [1.165, 1.54) is 13.2 Å². The maximum Gasteiger partial charge on any atom is 0.305 e. The molecule has 8 nitrogen and oxygen atoms in total. The summed E-state index contributed by atoms with van der Waals surface area (Å²) in [5.74, 6) is -1.31. The van der Waals surface area contributed by atoms with E-state index in [-0.39, 0.29) is 10.7 Å². The van der Waals surface area contributed by atoms with Crippen LogP contribution < -0.4 is 15.6 Å². The van der Waals surface area contributed by atoms with Gasteiger partial charge in [0.1, 0.15) is 11.4 Å². The highest BCUT2D eigenvalue weighted by molar-refractivity contribution is 6.32. The predicted octanol–water partition coefficient (Wildman–Crippen LogP) is 3.43. The van der Waals surface area contributed by atoms with Crippen molar-refractivity contribution in [3.63, 3.8) is 0 Å². The zero-order valence-corrected chi connectivity index (χ0v) is 17.2. The molecule has 156 valence electrons. The second-order valence-electron chi connectivity index (χ2n) is 6.31. The molecule has 10 heteroatoms. The molecular formula is C20H17Cl2N3O5. The normalized spacial score (nSPS) is 11.7. The van der Waals surface area contributed by atoms with Gasteiger partial charge in [0.05, 0.1) is 30.3 Å². The maximum absolute atomic E-state index is 12.7. The summed E-state index contributed by atoms with van der Waals surface area (Å²) in [6.45, 7) is 0. The van der Waals surface area contributed by atoms with Crippen LogP contribution in [0.15, 0.2) is 53.3 Å². The Morgan fingerprint density at radius 2 is 1.90 bits per heavy atom. The smallest absolute Gasteiger partial charge is 0.305 e. The number of benzene rings is 2. The molecular weight excluding hydrogens is 433 g/mol. The first-order chi connectivity index (χ1) is 14.3. The molecule has 0 aliphatic rings. The van der Waals surface area contributed by atoms with E-state index in [0.29, 0.717) is 22.0 Å². The number of halogens is 2. The highest BCUT2D eigenvalue weighted by Gasteiger charge is 2.23. The zero-order valence-electron chi connectivity index (χ0n) is 15.7. The number of aromatic nitrogens is 2. The minimum Gasteiger partial charge on any atom is -0.497 e. The van der Waals surface area contributed by atoms with Crippen molar-refractivity contribution in [2.75, 3.05) is 7.11 Å². The molecule has 1 heterocycles. The standard InChI is InChI=1S/C20H17Cl2N3O5/c1-30-11-6-7-12(14(22)8-11)15(10-19(27)28)23-20(29)16-9-18(26)25(24-16)17-5-3-2-4-13(17)21/h2-9,15,24H,10H2,1H3,(H,23,29)(H,27,28). The largest absolute Gasteiger partial charge is 0.497 e. The molecule has 0 spiro atoms. The van der Waals surface area contributed by atoms with Crippen LogP contribution >= 0.6 is 23.2 Å². The van der Waals surface area contributed by atoms with Gasteiger partial charge < -0.3 is 15.2 Å². The Hall–Kier alpha value is -3.23. The van der Waals surface area contributed by atoms with Crippen molar-refractivity contribution in [2.24, 2.45) is 0 Å². The third-order valence-electron chi connectivity index (χ3n) is 4.33. The minimum absolute atomic E-state index is 0.0556. The summed E-state index contributed by atoms with van der Waals surface area (Å²) in [6, 6.07) is 11.5. The minimum atomic E-state index is -1.13. The van der Waals surface area contributed by atoms with Crippen LogP contribution in [0.3, 0.4) is 0 Å². The summed E-state index contributed by atoms with van der Waals surface area (Å²) in [5, 5.41) is 15.1. The lowest BCUT2D eigenvalue weighted by Crippen LogP contribution is -2.30. The highest BCUT2D eigenvalue weighted by Crippen LogP contribution is 2.29. The third kappa shape index (κ3) is 4.67. The van der Waals surface area contributed by atoms with Gasteiger partial charge in [0.2, 0.25) is 0 Å². The molecule has 0 bridgehead atoms. The van der Waals surface area contributed by atoms with E-state index in [1.54, 1.807) is 36.4 Å². The SMILES string of the molecule is COc1ccc(C(CC(=O)O)NC(=O)c2cc(=O)n(-c3ccccc3Cl)[nH]2)c(Cl)c1. The average Bonchev–Trinajstić information content (AvgIpc) is 3.09. The number of rotatable bonds is 7. The number of hydrogen-bond acceptors (Lipinski definition) is 4. The topological polar surface area (TPSA) is 113 Å². The number of amides is 1. The molecule has 0 fully saturated rings. The van der Waals surface area contributed by atoms with Crippen LogP contribution in [0.2, 0.25) is 10.0 Å². The summed E-state index contributed by atoms with van der Waals surface area (Å²) in [6.07, 6.45) is -0.409. The molecule has 0 aliphatic heterocycles. The summed E-state index contributed by atoms with van der Waals surface area (Å²) in [5.41, 5.74) is 0.232. The van der Waals surface area contributed by atoms with Crippen LogP contribution in [0.1, 0.15) is 28.5 Å². The Bertz CT molecular complexity index is 1160. The van der Waals surface area contributed by atoms with Crippen molar-refractivity contribution in [3.05, 3.63) is 80.2 Å². The molecule has 1 amide bonds. The fraction of sp³-hybridized carbons (Fsp3) is 0.150. The lowest BCUT2D eigenvalue weighted by atomic mass is 10.0. The first kappa shape index (κ1) is 21.5. The van der Waals surface area contributed by atoms with E-state index in [4.69, 9.17) is 27.9 Å². The lowest BCUT2D eigenvalue weighted by Gasteiger charge is -2.19. The quantitative estimate of drug-likeness (QED) is 0.511. The summed E-state index contributed by atoms with van der Waals surface area (Å²) >= 11 is 12.4. The number of carbonyl (C=O) groups is 2. The number of hydrogen-bond donors (Lipinski definition) is 3. The molecule has 1 unspecified atom stereocenters. The van der Waals surface area contributed by atoms with Gasteiger partial charge in [-0.15, -0.1) is 0 Å². The van der Waals surface area contributed by atoms with Crippen LogP contribution in [0.5, 0.6) is 5.75 Å². The van der Waals surface area contributed by atoms with E-state index in [1.807, 2.05) is 0 Å². The summed E-state index contributed by atoms with van der Waals surface area (Å²) < 4.78 is 6.22. The number of aliphatic carboxylic acids is 1. The van der Waals surface area contributed by atoms with Gasteiger partial charge in [-0.05, 0) is 29.8 Å². The molecule has 0 radical (unpaired) electrons. The molecule has 3 N–H and O–H groups in total. The Balaban J connectivity index is 1.90. The second-order valence-corrected chi connectivity index (χ2v) is 7.12. The maximum atomic E-state index is 12.7. The van der Waals surface area contributed by atoms with Gasteiger partial charge in [-0.25, -0.2) is 4.68 Å². The van der Waals surface area contributed by atoms with Crippen LogP contribution in [0.25, 0.3) is 5.69 Å². The lowest BCUT2D eigenvalue weighted by molar-refractivity contribution is -0.137. The van der Waals surface area contributed by atoms with Gasteiger partial charge in [0.25, 0.3) is 11.5 Å². The Labute approximate surface area is 181 Å². The van der Waals surface area contributed by atoms with Crippen LogP contribution in [0, 0.1) is 0 Å². The van der Waals surface area contributed by atoms with E-state index < -0.39 is 29.9 Å². The van der Waals surface area contributed by atoms with Crippen molar-refractivity contribution in [1.29, 1.82) is 0 Å². The molecule has 2 aromatic carbocycles. The zero-order chi connectivity index (χ0) is 21.8. The Morgan fingerprint density at radius 1 is 1.17 bits per heavy atom. The number of nitrogens with one attached hydrogen (secondary N) is 2. The Morgan fingerprint density at radius 3 is 2.53 bits per heavy atom. The predicted molar refractivity (Wildman–Crippen MR) is 112 cm³/mol. The van der Waals surface area contributed by atoms with E-state index in [2.05, 4.69) is 10.4 Å². The molecule has 3 aromatic rings. The monoisotopic (exact) mass is 449 g/mol. The van der Waals surface area contributed by atoms with Gasteiger partial charge in [0, 0.05) is 11.1 Å². The number of H-pyrrole nitrogens is 1. The summed E-state index contributed by atoms with van der Waals surface area (Å²) in [4.78, 5) is 36.4. The number of carbonyl (C=O) groups excluding carboxylic acids is 1. The van der Waals surface area contributed by atoms with Crippen molar-refractivity contribution < 1.29 is 19.4 Å². The molecule has 1 atom stereocenters. The van der Waals surface area contributed by atoms with Crippen molar-refractivity contribution in [2.45, 2.75) is 12.5 Å². The molecule has 3 rings (SSSR count). The van der Waals surface area contributed by atoms with Crippen molar-refractivity contribution in [1.82, 2.24) is 15.1 Å². The summed E-state index contributed by atoms with van der Waals surface area (Å²) in [7, 11) is 1.47. The van der Waals surface area contributed by atoms with Crippen LogP contribution in [-0.2, 0) is 4.79 Å². The van der Waals surface area contributed by atoms with Gasteiger partial charge in [-0.2, -0.15) is 0 Å². The molecule has 0 aliphatic carbocycles. The number of aromatic amines is 1. The second kappa shape index (κ2) is 9.06. The van der Waals surface area contributed by atoms with Crippen molar-refractivity contribution >= 4 is 35.1 Å². The fourth-order valence-corrected chi connectivity index (χ4v) is 3.41. The third-order valence-corrected chi connectivity index (χ3v) is 4.97. The van der Waals surface area contributed by atoms with Gasteiger partial charge in [-0.1, -0.05) is 41.4 Å². The average molecular weight is 450 g/mol. The number of nitrogens with zero attached hydrogens (tertiary/aromatic N) is 1. The molecule has 1 aromatic heterocycles. The van der Waals surface area contributed by atoms with Gasteiger partial charge >= 0.3 is 5.97 Å². The molecule has 0 saturated heterocycles. The van der Waals surface area contributed by atoms with E-state index >= 15 is 0 Å². The number of carboxylic acids is 1. The van der Waals surface area contributed by atoms with Gasteiger partial charge in [0.15, 0.2) is 0 Å². The van der Waals surface area contributed by atoms with Crippen molar-refractivity contribution in [3.8, 4) is 11.4 Å². The molecule has 30 heavy (non-hydrogen) atoms. The fourth-order valence-electron chi connectivity index (χ4n) is 2.89. The number of carboxylic acid groups (broad SMARTS) is 1. The Kier molecular flexibility index (Phi) is 6.49. The van der Waals surface area contributed by atoms with E-state index in [0.717, 1.165) is 10.7 Å². The first-order valence-electron chi connectivity index (χ1n) is 8.73. The highest BCUT2D eigenvalue weighted by atomic mass is 35.5. The van der Waals surface area contributed by atoms with E-state index in [9.17, 15) is 19.5 Å². The van der Waals surface area contributed by atoms with Crippen LogP contribution in [0.4, 0.5) is 0 Å². The number of ether oxygens (including phenoxy) is 1. The van der Waals surface area contributed by atoms with Crippen LogP contribution in [-0.4, -0.2) is 33.9 Å². The molecule has 0 saturated carbocycles. The van der Waals surface area contributed by atoms with Gasteiger partial charge in [-0.3, -0.25) is 19.5 Å². The number of para-hydroxylation sites is 1. The number of methoxy groups -OCH3 is 1.